The van der Waals surface area contributed by atoms with Crippen molar-refractivity contribution < 1.29 is 47.8 Å². The van der Waals surface area contributed by atoms with Gasteiger partial charge in [0.15, 0.2) is 11.5 Å². The molecule has 308 valence electrons. The number of hydrogen-bond donors (Lipinski definition) is 6. The Bertz CT molecular complexity index is 1990. The minimum atomic E-state index is -1.06. The summed E-state index contributed by atoms with van der Waals surface area (Å²) in [5, 5.41) is 15.7. The fourth-order valence-electron chi connectivity index (χ4n) is 6.42. The molecule has 3 heterocycles. The van der Waals surface area contributed by atoms with Gasteiger partial charge in [0.1, 0.15) is 29.6 Å². The Hall–Kier alpha value is -6.65. The highest BCUT2D eigenvalue weighted by Gasteiger charge is 2.31. The maximum atomic E-state index is 13.7. The lowest BCUT2D eigenvalue weighted by Gasteiger charge is -2.25. The molecule has 8 amide bonds. The zero-order chi connectivity index (χ0) is 41.6. The predicted molar refractivity (Wildman–Crippen MR) is 210 cm³/mol. The van der Waals surface area contributed by atoms with E-state index >= 15 is 0 Å². The van der Waals surface area contributed by atoms with Gasteiger partial charge < -0.3 is 45.7 Å². The molecule has 6 rings (SSSR count). The lowest BCUT2D eigenvalue weighted by molar-refractivity contribution is -0.137. The summed E-state index contributed by atoms with van der Waals surface area (Å²) in [5.74, 6) is -1.60. The number of methoxy groups -OCH3 is 2. The molecule has 1 fully saturated rings. The topological polar surface area (TPSA) is 223 Å². The van der Waals surface area contributed by atoms with Crippen LogP contribution in [0.25, 0.3) is 0 Å². The first-order valence-electron chi connectivity index (χ1n) is 19.1. The van der Waals surface area contributed by atoms with Crippen molar-refractivity contribution in [2.75, 3.05) is 33.9 Å². The molecule has 3 aliphatic heterocycles. The molecule has 58 heavy (non-hydrogen) atoms. The molecule has 3 aromatic rings. The number of nitrogens with one attached hydrogen (secondary N) is 6. The van der Waals surface area contributed by atoms with E-state index in [9.17, 15) is 33.6 Å². The van der Waals surface area contributed by atoms with E-state index in [2.05, 4.69) is 31.9 Å². The number of hydrogen-bond acceptors (Lipinski definition) is 10. The summed E-state index contributed by atoms with van der Waals surface area (Å²) < 4.78 is 17.2. The minimum Gasteiger partial charge on any atom is -0.496 e. The first kappa shape index (κ1) is 42.5. The number of urea groups is 1. The third kappa shape index (κ3) is 11.9. The number of fused-ring (bicyclic) bond motifs is 18. The fraction of sp³-hybridized carbons (Fsp3) is 0.390. The monoisotopic (exact) mass is 799 g/mol. The molecule has 3 aliphatic rings. The molecule has 0 aromatic heterocycles. The molecular weight excluding hydrogens is 750 g/mol. The zero-order valence-corrected chi connectivity index (χ0v) is 32.7. The molecule has 17 nitrogen and oxygen atoms in total. The van der Waals surface area contributed by atoms with Gasteiger partial charge in [-0.25, -0.2) is 4.79 Å². The van der Waals surface area contributed by atoms with Crippen LogP contribution in [-0.4, -0.2) is 98.4 Å². The summed E-state index contributed by atoms with van der Waals surface area (Å²) in [5.41, 5.74) is 1.86. The maximum absolute atomic E-state index is 13.7. The predicted octanol–water partition coefficient (Wildman–Crippen LogP) is 2.08. The van der Waals surface area contributed by atoms with Gasteiger partial charge in [0.05, 0.1) is 20.8 Å². The average molecular weight is 800 g/mol. The molecule has 1 saturated heterocycles. The summed E-state index contributed by atoms with van der Waals surface area (Å²) in [4.78, 5) is 92.3. The molecule has 3 aromatic carbocycles. The molecule has 6 N–H and O–H groups in total. The molecule has 0 aliphatic carbocycles. The number of carbonyl (C=O) groups excluding carboxylic acids is 7. The molecule has 3 atom stereocenters. The lowest BCUT2D eigenvalue weighted by Crippen LogP contribution is -2.54. The van der Waals surface area contributed by atoms with Gasteiger partial charge >= 0.3 is 6.03 Å². The molecule has 4 bridgehead atoms. The van der Waals surface area contributed by atoms with E-state index in [1.165, 1.54) is 26.0 Å². The number of imide groups is 1. The zero-order valence-electron chi connectivity index (χ0n) is 32.7. The van der Waals surface area contributed by atoms with E-state index in [1.54, 1.807) is 36.4 Å². The summed E-state index contributed by atoms with van der Waals surface area (Å²) in [6, 6.07) is 15.6. The molecular formula is C41H49N7O10. The second-order valence-corrected chi connectivity index (χ2v) is 13.9. The summed E-state index contributed by atoms with van der Waals surface area (Å²) in [7, 11) is 2.95. The second kappa shape index (κ2) is 20.5. The van der Waals surface area contributed by atoms with Crippen molar-refractivity contribution in [2.45, 2.75) is 70.1 Å². The van der Waals surface area contributed by atoms with Crippen LogP contribution in [0.5, 0.6) is 23.0 Å². The Kier molecular flexibility index (Phi) is 15.0. The van der Waals surface area contributed by atoms with E-state index in [0.717, 1.165) is 5.56 Å². The Labute approximate surface area is 335 Å². The minimum absolute atomic E-state index is 0.0115. The largest absolute Gasteiger partial charge is 0.496 e. The highest BCUT2D eigenvalue weighted by atomic mass is 16.5. The number of aryl methyl sites for hydroxylation is 1. The highest BCUT2D eigenvalue weighted by molar-refractivity contribution is 6.04. The first-order chi connectivity index (χ1) is 27.9. The van der Waals surface area contributed by atoms with Crippen molar-refractivity contribution >= 4 is 41.5 Å². The van der Waals surface area contributed by atoms with Crippen molar-refractivity contribution in [1.29, 1.82) is 0 Å². The van der Waals surface area contributed by atoms with Crippen molar-refractivity contribution in [3.05, 3.63) is 83.4 Å². The third-order valence-corrected chi connectivity index (χ3v) is 9.67. The number of rotatable bonds is 8. The fourth-order valence-corrected chi connectivity index (χ4v) is 6.42. The maximum Gasteiger partial charge on any atom is 0.322 e. The lowest BCUT2D eigenvalue weighted by atomic mass is 10.0. The quantitative estimate of drug-likeness (QED) is 0.144. The Morgan fingerprint density at radius 1 is 0.793 bits per heavy atom. The van der Waals surface area contributed by atoms with Crippen LogP contribution in [0.1, 0.15) is 60.5 Å². The molecule has 17 heteroatoms. The normalized spacial score (nSPS) is 19.8. The van der Waals surface area contributed by atoms with Gasteiger partial charge in [0.25, 0.3) is 11.8 Å². The van der Waals surface area contributed by atoms with Gasteiger partial charge in [-0.1, -0.05) is 30.3 Å². The molecule has 0 spiro atoms. The number of nitrogens with zero attached hydrogens (tertiary/aromatic N) is 1. The van der Waals surface area contributed by atoms with Crippen LogP contribution in [-0.2, 0) is 36.9 Å². The Morgan fingerprint density at radius 3 is 2.28 bits per heavy atom. The van der Waals surface area contributed by atoms with Crippen molar-refractivity contribution in [3.8, 4) is 23.0 Å². The Balaban J connectivity index is 1.37. The van der Waals surface area contributed by atoms with Crippen LogP contribution in [0.3, 0.4) is 0 Å². The Morgan fingerprint density at radius 2 is 1.55 bits per heavy atom. The standard InChI is InChI=1S/C41H49N7O10/c1-25-37(51)43-23-28-12-14-29(22-33(28)57-3)58-34-21-27(13-17-32(34)56-2)38(52)42-19-7-8-20-48(36(50)18-16-31-40(54)47-41(55)46-31)24-35(49)45-30(39(53)44-25)15-11-26-9-5-4-6-10-26/h4-6,9-10,12-14,17,21-22,25,30-31H,7-8,11,15-16,18-20,23-24H2,1-3H3,(H,42,52)(H,43,51)(H,44,53)(H,45,49)(H2,46,47,54,55)/t25-,30-,31-/m0/s1. The van der Waals surface area contributed by atoms with E-state index in [-0.39, 0.29) is 50.6 Å². The average Bonchev–Trinajstić information content (AvgIpc) is 3.55. The number of amides is 8. The van der Waals surface area contributed by atoms with Gasteiger partial charge in [-0.15, -0.1) is 0 Å². The van der Waals surface area contributed by atoms with Crippen LogP contribution in [0, 0.1) is 0 Å². The number of ether oxygens (including phenoxy) is 3. The number of carbonyl (C=O) groups is 7. The van der Waals surface area contributed by atoms with Crippen LogP contribution >= 0.6 is 0 Å². The molecule has 0 saturated carbocycles. The molecule has 0 radical (unpaired) electrons. The van der Waals surface area contributed by atoms with E-state index < -0.39 is 60.2 Å². The van der Waals surface area contributed by atoms with Crippen molar-refractivity contribution in [1.82, 2.24) is 36.8 Å². The van der Waals surface area contributed by atoms with E-state index in [0.29, 0.717) is 47.6 Å². The number of benzene rings is 3. The van der Waals surface area contributed by atoms with Crippen LogP contribution < -0.4 is 46.1 Å². The second-order valence-electron chi connectivity index (χ2n) is 13.9. The van der Waals surface area contributed by atoms with E-state index in [1.807, 2.05) is 30.3 Å². The van der Waals surface area contributed by atoms with Crippen molar-refractivity contribution in [3.63, 3.8) is 0 Å². The van der Waals surface area contributed by atoms with Gasteiger partial charge in [0, 0.05) is 43.2 Å². The van der Waals surface area contributed by atoms with Crippen molar-refractivity contribution in [2.24, 2.45) is 0 Å². The third-order valence-electron chi connectivity index (χ3n) is 9.67. The molecule has 0 unspecified atom stereocenters. The van der Waals surface area contributed by atoms with Crippen LogP contribution in [0.15, 0.2) is 66.7 Å². The smallest absolute Gasteiger partial charge is 0.322 e. The summed E-state index contributed by atoms with van der Waals surface area (Å²) in [6.07, 6.45) is 1.31. The SMILES string of the molecule is COc1cc2ccc1CNC(=O)[C@H](C)NC(=O)[C@H](CCc1ccccc1)NC(=O)CN(C(=O)CC[C@@H]1NC(=O)NC1=O)CCCCNC(=O)c1ccc(OC)c(c1)O2. The van der Waals surface area contributed by atoms with Gasteiger partial charge in [-0.05, 0) is 74.9 Å². The van der Waals surface area contributed by atoms with Crippen LogP contribution in [0.2, 0.25) is 0 Å². The first-order valence-corrected chi connectivity index (χ1v) is 19.1. The summed E-state index contributed by atoms with van der Waals surface area (Å²) in [6.45, 7) is 1.53. The van der Waals surface area contributed by atoms with Crippen LogP contribution in [0.4, 0.5) is 4.79 Å². The van der Waals surface area contributed by atoms with E-state index in [4.69, 9.17) is 14.2 Å². The van der Waals surface area contributed by atoms with Gasteiger partial charge in [-0.2, -0.15) is 0 Å². The summed E-state index contributed by atoms with van der Waals surface area (Å²) >= 11 is 0. The van der Waals surface area contributed by atoms with Gasteiger partial charge in [0.2, 0.25) is 23.6 Å². The van der Waals surface area contributed by atoms with Gasteiger partial charge in [-0.3, -0.25) is 34.1 Å². The highest BCUT2D eigenvalue weighted by Crippen LogP contribution is 2.35.